The van der Waals surface area contributed by atoms with Gasteiger partial charge in [-0.15, -0.1) is 0 Å². The van der Waals surface area contributed by atoms with Crippen LogP contribution in [0.5, 0.6) is 5.75 Å². The molecule has 1 aromatic heterocycles. The Labute approximate surface area is 174 Å². The zero-order chi connectivity index (χ0) is 21.2. The number of nitrogens with zero attached hydrogens (tertiary/aromatic N) is 1. The summed E-state index contributed by atoms with van der Waals surface area (Å²) in [5, 5.41) is 0.986. The number of amides is 1. The molecular formula is C20H24ClNO6S. The van der Waals surface area contributed by atoms with Crippen LogP contribution in [0.2, 0.25) is 5.02 Å². The number of rotatable bonds is 7. The first-order valence-electron chi connectivity index (χ1n) is 9.57. The number of halogens is 1. The number of fused-ring (bicyclic) bond motifs is 1. The van der Waals surface area contributed by atoms with Crippen molar-refractivity contribution in [3.8, 4) is 5.75 Å². The van der Waals surface area contributed by atoms with E-state index in [-0.39, 0.29) is 35.8 Å². The highest BCUT2D eigenvalue weighted by Gasteiger charge is 2.34. The molecule has 9 heteroatoms. The minimum absolute atomic E-state index is 0.0103. The zero-order valence-electron chi connectivity index (χ0n) is 16.4. The van der Waals surface area contributed by atoms with Crippen LogP contribution in [0.25, 0.3) is 11.0 Å². The Morgan fingerprint density at radius 1 is 1.34 bits per heavy atom. The van der Waals surface area contributed by atoms with Gasteiger partial charge in [0.15, 0.2) is 16.4 Å². The summed E-state index contributed by atoms with van der Waals surface area (Å²) in [6.45, 7) is 4.00. The molecule has 2 aromatic rings. The molecule has 0 aliphatic carbocycles. The maximum atomic E-state index is 12.8. The van der Waals surface area contributed by atoms with Crippen molar-refractivity contribution in [2.75, 3.05) is 24.7 Å². The number of benzene rings is 1. The van der Waals surface area contributed by atoms with Gasteiger partial charge in [-0.2, -0.15) is 0 Å². The van der Waals surface area contributed by atoms with Gasteiger partial charge in [-0.25, -0.2) is 13.2 Å². The van der Waals surface area contributed by atoms with E-state index >= 15 is 0 Å². The first kappa shape index (κ1) is 21.6. The molecule has 7 nitrogen and oxygen atoms in total. The van der Waals surface area contributed by atoms with Gasteiger partial charge in [-0.1, -0.05) is 24.9 Å². The van der Waals surface area contributed by atoms with Gasteiger partial charge in [0, 0.05) is 30.1 Å². The molecule has 1 aliphatic heterocycles. The Balaban J connectivity index is 1.77. The molecule has 2 heterocycles. The maximum absolute atomic E-state index is 12.8. The van der Waals surface area contributed by atoms with E-state index < -0.39 is 15.5 Å². The maximum Gasteiger partial charge on any atom is 0.336 e. The van der Waals surface area contributed by atoms with E-state index in [1.165, 1.54) is 12.1 Å². The Bertz CT molecular complexity index is 1080. The van der Waals surface area contributed by atoms with Crippen molar-refractivity contribution in [2.24, 2.45) is 0 Å². The van der Waals surface area contributed by atoms with Crippen LogP contribution in [0, 0.1) is 6.92 Å². The van der Waals surface area contributed by atoms with Gasteiger partial charge in [-0.05, 0) is 31.4 Å². The van der Waals surface area contributed by atoms with E-state index in [2.05, 4.69) is 0 Å². The summed E-state index contributed by atoms with van der Waals surface area (Å²) in [6, 6.07) is 4.18. The molecule has 1 unspecified atom stereocenters. The molecule has 0 spiro atoms. The van der Waals surface area contributed by atoms with Crippen molar-refractivity contribution >= 4 is 38.3 Å². The van der Waals surface area contributed by atoms with E-state index in [0.29, 0.717) is 29.0 Å². The molecule has 29 heavy (non-hydrogen) atoms. The molecule has 0 N–H and O–H groups in total. The predicted molar refractivity (Wildman–Crippen MR) is 111 cm³/mol. The third-order valence-corrected chi connectivity index (χ3v) is 7.12. The number of unbranched alkanes of at least 4 members (excludes halogenated alkanes) is 1. The average molecular weight is 442 g/mol. The molecule has 1 atom stereocenters. The number of ether oxygens (including phenoxy) is 1. The van der Waals surface area contributed by atoms with Crippen molar-refractivity contribution in [2.45, 2.75) is 39.2 Å². The van der Waals surface area contributed by atoms with E-state index in [4.69, 9.17) is 20.8 Å². The van der Waals surface area contributed by atoms with Gasteiger partial charge in [0.25, 0.3) is 5.91 Å². The minimum atomic E-state index is -3.10. The lowest BCUT2D eigenvalue weighted by Gasteiger charge is -2.28. The van der Waals surface area contributed by atoms with Crippen LogP contribution >= 0.6 is 11.6 Å². The third-order valence-electron chi connectivity index (χ3n) is 5.08. The van der Waals surface area contributed by atoms with Crippen molar-refractivity contribution in [3.05, 3.63) is 39.2 Å². The minimum Gasteiger partial charge on any atom is -0.482 e. The van der Waals surface area contributed by atoms with Crippen LogP contribution in [0.1, 0.15) is 31.7 Å². The van der Waals surface area contributed by atoms with Crippen LogP contribution in [-0.4, -0.2) is 49.9 Å². The van der Waals surface area contributed by atoms with Crippen molar-refractivity contribution in [3.63, 3.8) is 0 Å². The summed E-state index contributed by atoms with van der Waals surface area (Å²) in [7, 11) is -3.10. The Morgan fingerprint density at radius 3 is 2.76 bits per heavy atom. The lowest BCUT2D eigenvalue weighted by atomic mass is 10.1. The topological polar surface area (TPSA) is 93.9 Å². The Morgan fingerprint density at radius 2 is 2.10 bits per heavy atom. The normalized spacial score (nSPS) is 18.1. The fourth-order valence-corrected chi connectivity index (χ4v) is 5.46. The highest BCUT2D eigenvalue weighted by atomic mass is 35.5. The standard InChI is InChI=1S/C20H24ClNO6S/c1-3-4-6-22(14-5-7-29(25,26)12-14)19(23)11-27-18-10-17-15(9-16(18)21)13(2)8-20(24)28-17/h8-10,14H,3-7,11-12H2,1-2H3. The van der Waals surface area contributed by atoms with Gasteiger partial charge in [0.1, 0.15) is 11.3 Å². The van der Waals surface area contributed by atoms with Gasteiger partial charge in [0.05, 0.1) is 16.5 Å². The smallest absolute Gasteiger partial charge is 0.336 e. The summed E-state index contributed by atoms with van der Waals surface area (Å²) in [4.78, 5) is 26.0. The van der Waals surface area contributed by atoms with Crippen LogP contribution in [0.4, 0.5) is 0 Å². The number of carbonyl (C=O) groups excluding carboxylic acids is 1. The number of aryl methyl sites for hydroxylation is 1. The van der Waals surface area contributed by atoms with Crippen molar-refractivity contribution < 1.29 is 22.4 Å². The lowest BCUT2D eigenvalue weighted by molar-refractivity contribution is -0.135. The quantitative estimate of drug-likeness (QED) is 0.613. The second-order valence-electron chi connectivity index (χ2n) is 7.31. The predicted octanol–water partition coefficient (Wildman–Crippen LogP) is 2.95. The Kier molecular flexibility index (Phi) is 6.53. The summed E-state index contributed by atoms with van der Waals surface area (Å²) in [6.07, 6.45) is 2.11. The number of sulfone groups is 1. The van der Waals surface area contributed by atoms with Crippen molar-refractivity contribution in [1.82, 2.24) is 4.90 Å². The summed E-state index contributed by atoms with van der Waals surface area (Å²) < 4.78 is 34.5. The molecule has 1 fully saturated rings. The van der Waals surface area contributed by atoms with Gasteiger partial charge in [0.2, 0.25) is 0 Å². The van der Waals surface area contributed by atoms with E-state index in [1.807, 2.05) is 6.92 Å². The van der Waals surface area contributed by atoms with Gasteiger partial charge in [-0.3, -0.25) is 4.79 Å². The van der Waals surface area contributed by atoms with E-state index in [9.17, 15) is 18.0 Å². The molecule has 0 radical (unpaired) electrons. The molecular weight excluding hydrogens is 418 g/mol. The summed E-state index contributed by atoms with van der Waals surface area (Å²) in [5.74, 6) is 0.0330. The number of carbonyl (C=O) groups is 1. The van der Waals surface area contributed by atoms with Crippen LogP contribution in [0.3, 0.4) is 0 Å². The second kappa shape index (κ2) is 8.75. The first-order valence-corrected chi connectivity index (χ1v) is 11.8. The van der Waals surface area contributed by atoms with Crippen molar-refractivity contribution in [1.29, 1.82) is 0 Å². The average Bonchev–Trinajstić information content (AvgIpc) is 3.00. The third kappa shape index (κ3) is 5.11. The van der Waals surface area contributed by atoms with Gasteiger partial charge < -0.3 is 14.1 Å². The zero-order valence-corrected chi connectivity index (χ0v) is 18.0. The highest BCUT2D eigenvalue weighted by Crippen LogP contribution is 2.31. The summed E-state index contributed by atoms with van der Waals surface area (Å²) >= 11 is 6.28. The lowest BCUT2D eigenvalue weighted by Crippen LogP contribution is -2.44. The Hall–Kier alpha value is -2.06. The molecule has 1 aromatic carbocycles. The van der Waals surface area contributed by atoms with Gasteiger partial charge >= 0.3 is 5.63 Å². The highest BCUT2D eigenvalue weighted by molar-refractivity contribution is 7.91. The van der Waals surface area contributed by atoms with E-state index in [0.717, 1.165) is 18.4 Å². The van der Waals surface area contributed by atoms with Crippen LogP contribution < -0.4 is 10.4 Å². The van der Waals surface area contributed by atoms with E-state index in [1.54, 1.807) is 17.9 Å². The monoisotopic (exact) mass is 441 g/mol. The summed E-state index contributed by atoms with van der Waals surface area (Å²) in [5.41, 5.74) is 0.577. The van der Waals surface area contributed by atoms with Crippen LogP contribution in [-0.2, 0) is 14.6 Å². The molecule has 3 rings (SSSR count). The first-order chi connectivity index (χ1) is 13.7. The molecule has 1 saturated heterocycles. The largest absolute Gasteiger partial charge is 0.482 e. The van der Waals surface area contributed by atoms with Crippen LogP contribution in [0.15, 0.2) is 27.4 Å². The number of hydrogen-bond acceptors (Lipinski definition) is 6. The number of hydrogen-bond donors (Lipinski definition) is 0. The molecule has 0 saturated carbocycles. The fourth-order valence-electron chi connectivity index (χ4n) is 3.51. The molecule has 1 aliphatic rings. The SMILES string of the molecule is CCCCN(C(=O)COc1cc2oc(=O)cc(C)c2cc1Cl)C1CCS(=O)(=O)C1. The second-order valence-corrected chi connectivity index (χ2v) is 9.95. The molecule has 1 amide bonds. The molecule has 158 valence electrons. The molecule has 0 bridgehead atoms. The fraction of sp³-hybridized carbons (Fsp3) is 0.500.